The number of anilines is 2. The van der Waals surface area contributed by atoms with Gasteiger partial charge in [0.25, 0.3) is 5.91 Å². The number of pyridine rings is 1. The molecule has 0 saturated carbocycles. The number of ether oxygens (including phenoxy) is 1. The van der Waals surface area contributed by atoms with Crippen LogP contribution < -0.4 is 14.5 Å². The van der Waals surface area contributed by atoms with Crippen LogP contribution >= 0.6 is 0 Å². The van der Waals surface area contributed by atoms with Crippen molar-refractivity contribution in [1.29, 1.82) is 0 Å². The molecule has 1 N–H and O–H groups in total. The standard InChI is InChI=1S/C22H28N4O5S/c1-22(2,3)31-21(28)24-17-12-13-26(20(17)27)19-11-10-15(14-23-19)16-8-6-7-9-18(16)25(4)32(5,29)30/h6-11,14,17H,12-13H2,1-5H3,(H,24,28)/t17-/m0/s1. The number of alkyl carbamates (subject to hydrolysis) is 1. The van der Waals surface area contributed by atoms with Gasteiger partial charge in [-0.15, -0.1) is 0 Å². The van der Waals surface area contributed by atoms with Crippen LogP contribution in [0.4, 0.5) is 16.3 Å². The van der Waals surface area contributed by atoms with Crippen molar-refractivity contribution in [3.05, 3.63) is 42.6 Å². The SMILES string of the molecule is CN(c1ccccc1-c1ccc(N2CC[C@H](NC(=O)OC(C)(C)C)C2=O)nc1)S(C)(=O)=O. The molecule has 1 aliphatic heterocycles. The third-order valence-corrected chi connectivity index (χ3v) is 6.16. The fourth-order valence-corrected chi connectivity index (χ4v) is 3.88. The van der Waals surface area contributed by atoms with Crippen LogP contribution in [0.15, 0.2) is 42.6 Å². The van der Waals surface area contributed by atoms with Crippen LogP contribution in [0, 0.1) is 0 Å². The zero-order chi connectivity index (χ0) is 23.7. The van der Waals surface area contributed by atoms with E-state index >= 15 is 0 Å². The van der Waals surface area contributed by atoms with Crippen molar-refractivity contribution in [3.63, 3.8) is 0 Å². The monoisotopic (exact) mass is 460 g/mol. The van der Waals surface area contributed by atoms with Crippen LogP contribution in [0.2, 0.25) is 0 Å². The van der Waals surface area contributed by atoms with Gasteiger partial charge in [-0.25, -0.2) is 18.2 Å². The van der Waals surface area contributed by atoms with E-state index in [4.69, 9.17) is 4.74 Å². The van der Waals surface area contributed by atoms with Gasteiger partial charge in [-0.3, -0.25) is 14.0 Å². The maximum atomic E-state index is 12.8. The number of sulfonamides is 1. The Kier molecular flexibility index (Phi) is 6.45. The molecule has 172 valence electrons. The maximum absolute atomic E-state index is 12.8. The number of para-hydroxylation sites is 1. The van der Waals surface area contributed by atoms with Crippen LogP contribution in [0.1, 0.15) is 27.2 Å². The summed E-state index contributed by atoms with van der Waals surface area (Å²) in [6.45, 7) is 5.69. The molecule has 1 saturated heterocycles. The molecule has 1 aromatic carbocycles. The van der Waals surface area contributed by atoms with E-state index in [9.17, 15) is 18.0 Å². The van der Waals surface area contributed by atoms with Crippen LogP contribution in [0.25, 0.3) is 11.1 Å². The highest BCUT2D eigenvalue weighted by Gasteiger charge is 2.35. The Morgan fingerprint density at radius 2 is 1.91 bits per heavy atom. The number of hydrogen-bond donors (Lipinski definition) is 1. The highest BCUT2D eigenvalue weighted by Crippen LogP contribution is 2.32. The van der Waals surface area contributed by atoms with Crippen LogP contribution in [0.3, 0.4) is 0 Å². The highest BCUT2D eigenvalue weighted by molar-refractivity contribution is 7.92. The van der Waals surface area contributed by atoms with Gasteiger partial charge in [-0.2, -0.15) is 0 Å². The molecule has 0 spiro atoms. The fraction of sp³-hybridized carbons (Fsp3) is 0.409. The first kappa shape index (κ1) is 23.5. The van der Waals surface area contributed by atoms with Crippen molar-refractivity contribution < 1.29 is 22.7 Å². The molecule has 2 heterocycles. The number of aromatic nitrogens is 1. The predicted octanol–water partition coefficient (Wildman–Crippen LogP) is 2.77. The second-order valence-corrected chi connectivity index (χ2v) is 10.6. The highest BCUT2D eigenvalue weighted by atomic mass is 32.2. The second-order valence-electron chi connectivity index (χ2n) is 8.63. The maximum Gasteiger partial charge on any atom is 0.408 e. The normalized spacial score (nSPS) is 16.7. The number of hydrogen-bond acceptors (Lipinski definition) is 6. The smallest absolute Gasteiger partial charge is 0.408 e. The molecule has 1 aromatic heterocycles. The first-order chi connectivity index (χ1) is 14.9. The molecule has 32 heavy (non-hydrogen) atoms. The van der Waals surface area contributed by atoms with Crippen LogP contribution in [-0.2, 0) is 19.6 Å². The van der Waals surface area contributed by atoms with Gasteiger partial charge in [0.1, 0.15) is 17.5 Å². The van der Waals surface area contributed by atoms with Crippen molar-refractivity contribution in [3.8, 4) is 11.1 Å². The minimum atomic E-state index is -3.43. The van der Waals surface area contributed by atoms with E-state index in [-0.39, 0.29) is 5.91 Å². The number of amides is 2. The number of carbonyl (C=O) groups is 2. The predicted molar refractivity (Wildman–Crippen MR) is 123 cm³/mol. The minimum absolute atomic E-state index is 0.256. The van der Waals surface area contributed by atoms with Gasteiger partial charge in [0.05, 0.1) is 11.9 Å². The molecule has 0 unspecified atom stereocenters. The molecule has 10 heteroatoms. The lowest BCUT2D eigenvalue weighted by Crippen LogP contribution is -2.43. The summed E-state index contributed by atoms with van der Waals surface area (Å²) in [5.41, 5.74) is 1.31. The topological polar surface area (TPSA) is 109 Å². The van der Waals surface area contributed by atoms with Gasteiger partial charge < -0.3 is 10.1 Å². The number of nitrogens with one attached hydrogen (secondary N) is 1. The van der Waals surface area contributed by atoms with Crippen LogP contribution in [0.5, 0.6) is 0 Å². The average Bonchev–Trinajstić information content (AvgIpc) is 3.05. The second kappa shape index (κ2) is 8.78. The number of rotatable bonds is 5. The van der Waals surface area contributed by atoms with Gasteiger partial charge in [0, 0.05) is 30.9 Å². The number of nitrogens with zero attached hydrogens (tertiary/aromatic N) is 3. The molecule has 0 aliphatic carbocycles. The van der Waals surface area contributed by atoms with Crippen LogP contribution in [-0.4, -0.2) is 56.9 Å². The van der Waals surface area contributed by atoms with E-state index in [0.717, 1.165) is 11.8 Å². The first-order valence-corrected chi connectivity index (χ1v) is 12.0. The summed E-state index contributed by atoms with van der Waals surface area (Å²) in [6, 6.07) is 9.95. The quantitative estimate of drug-likeness (QED) is 0.735. The molecular formula is C22H28N4O5S. The van der Waals surface area contributed by atoms with Gasteiger partial charge in [0.2, 0.25) is 10.0 Å². The van der Waals surface area contributed by atoms with E-state index in [0.29, 0.717) is 30.0 Å². The summed E-state index contributed by atoms with van der Waals surface area (Å²) in [7, 11) is -1.93. The molecule has 0 radical (unpaired) electrons. The van der Waals surface area contributed by atoms with E-state index in [2.05, 4.69) is 10.3 Å². The van der Waals surface area contributed by atoms with E-state index in [1.165, 1.54) is 16.3 Å². The van der Waals surface area contributed by atoms with E-state index in [1.54, 1.807) is 51.2 Å². The Morgan fingerprint density at radius 3 is 2.50 bits per heavy atom. The number of benzene rings is 1. The Bertz CT molecular complexity index is 1110. The lowest BCUT2D eigenvalue weighted by Gasteiger charge is -2.22. The summed E-state index contributed by atoms with van der Waals surface area (Å²) in [6.07, 6.45) is 2.56. The zero-order valence-corrected chi connectivity index (χ0v) is 19.6. The summed E-state index contributed by atoms with van der Waals surface area (Å²) in [4.78, 5) is 30.7. The third kappa shape index (κ3) is 5.37. The Morgan fingerprint density at radius 1 is 1.22 bits per heavy atom. The van der Waals surface area contributed by atoms with Crippen molar-refractivity contribution >= 4 is 33.5 Å². The molecule has 1 atom stereocenters. The average molecular weight is 461 g/mol. The summed E-state index contributed by atoms with van der Waals surface area (Å²) < 4.78 is 30.4. The van der Waals surface area contributed by atoms with E-state index in [1.807, 2.05) is 12.1 Å². The zero-order valence-electron chi connectivity index (χ0n) is 18.8. The first-order valence-electron chi connectivity index (χ1n) is 10.2. The largest absolute Gasteiger partial charge is 0.444 e. The number of carbonyl (C=O) groups excluding carboxylic acids is 2. The summed E-state index contributed by atoms with van der Waals surface area (Å²) >= 11 is 0. The minimum Gasteiger partial charge on any atom is -0.444 e. The van der Waals surface area contributed by atoms with Crippen molar-refractivity contribution in [2.24, 2.45) is 0 Å². The Labute approximate surface area is 188 Å². The van der Waals surface area contributed by atoms with Crippen molar-refractivity contribution in [2.45, 2.75) is 38.8 Å². The van der Waals surface area contributed by atoms with E-state index < -0.39 is 27.8 Å². The lowest BCUT2D eigenvalue weighted by atomic mass is 10.1. The summed E-state index contributed by atoms with van der Waals surface area (Å²) in [5.74, 6) is 0.203. The molecular weight excluding hydrogens is 432 g/mol. The van der Waals surface area contributed by atoms with Gasteiger partial charge in [-0.05, 0) is 45.4 Å². The van der Waals surface area contributed by atoms with Gasteiger partial charge in [0.15, 0.2) is 0 Å². The van der Waals surface area contributed by atoms with Crippen molar-refractivity contribution in [2.75, 3.05) is 29.1 Å². The Hall–Kier alpha value is -3.14. The Balaban J connectivity index is 1.76. The third-order valence-electron chi connectivity index (χ3n) is 4.97. The molecule has 3 rings (SSSR count). The summed E-state index contributed by atoms with van der Waals surface area (Å²) in [5, 5.41) is 2.61. The molecule has 2 aromatic rings. The van der Waals surface area contributed by atoms with Gasteiger partial charge in [-0.1, -0.05) is 18.2 Å². The molecule has 2 amide bonds. The molecule has 9 nitrogen and oxygen atoms in total. The van der Waals surface area contributed by atoms with Gasteiger partial charge >= 0.3 is 6.09 Å². The lowest BCUT2D eigenvalue weighted by molar-refractivity contribution is -0.118. The molecule has 0 bridgehead atoms. The fourth-order valence-electron chi connectivity index (χ4n) is 3.37. The van der Waals surface area contributed by atoms with Crippen molar-refractivity contribution in [1.82, 2.24) is 10.3 Å². The molecule has 1 fully saturated rings. The molecule has 1 aliphatic rings.